The number of carbonyl (C=O) groups excluding carboxylic acids is 1. The molecule has 0 aliphatic rings. The van der Waals surface area contributed by atoms with Gasteiger partial charge >= 0.3 is 0 Å². The maximum absolute atomic E-state index is 11.3. The molecule has 0 bridgehead atoms. The number of amides is 1. The Balaban J connectivity index is 4.02. The molecule has 0 radical (unpaired) electrons. The van der Waals surface area contributed by atoms with E-state index in [4.69, 9.17) is 0 Å². The van der Waals surface area contributed by atoms with Crippen molar-refractivity contribution < 1.29 is 27.4 Å². The van der Waals surface area contributed by atoms with Crippen LogP contribution in [0.2, 0.25) is 0 Å². The highest BCUT2D eigenvalue weighted by atomic mass is 32.2. The quantitative estimate of drug-likeness (QED) is 0.243. The van der Waals surface area contributed by atoms with Gasteiger partial charge in [0.05, 0.1) is 30.8 Å². The Bertz CT molecular complexity index is 459. The minimum atomic E-state index is -4.29. The molecule has 0 aliphatic carbocycles. The summed E-state index contributed by atoms with van der Waals surface area (Å²) in [6.07, 6.45) is -0.174. The van der Waals surface area contributed by atoms with Gasteiger partial charge < -0.3 is 19.5 Å². The Kier molecular flexibility index (Phi) is 8.09. The van der Waals surface area contributed by atoms with Crippen LogP contribution in [0.4, 0.5) is 0 Å². The number of aliphatic hydroxyl groups is 1. The van der Waals surface area contributed by atoms with Crippen LogP contribution in [0.5, 0.6) is 0 Å². The molecule has 0 fully saturated rings. The first-order valence-corrected chi connectivity index (χ1v) is 8.38. The Morgan fingerprint density at radius 2 is 2.00 bits per heavy atom. The second-order valence-electron chi connectivity index (χ2n) is 5.94. The number of hydrogen-bond donors (Lipinski definition) is 2. The Hall–Kier alpha value is -0.960. The van der Waals surface area contributed by atoms with E-state index in [0.717, 1.165) is 6.42 Å². The summed E-state index contributed by atoms with van der Waals surface area (Å²) in [4.78, 5) is 11.3. The molecule has 2 N–H and O–H groups in total. The Morgan fingerprint density at radius 3 is 2.48 bits per heavy atom. The molecule has 0 aliphatic heterocycles. The molecular weight excluding hydrogens is 296 g/mol. The van der Waals surface area contributed by atoms with Crippen molar-refractivity contribution in [2.75, 3.05) is 39.5 Å². The fourth-order valence-electron chi connectivity index (χ4n) is 1.89. The maximum atomic E-state index is 11.3. The Labute approximate surface area is 127 Å². The minimum absolute atomic E-state index is 0.0556. The third-order valence-corrected chi connectivity index (χ3v) is 3.76. The van der Waals surface area contributed by atoms with E-state index in [1.807, 2.05) is 14.1 Å². The van der Waals surface area contributed by atoms with Crippen LogP contribution in [0.1, 0.15) is 19.8 Å². The van der Waals surface area contributed by atoms with Crippen LogP contribution in [0.3, 0.4) is 0 Å². The molecule has 1 amide bonds. The van der Waals surface area contributed by atoms with Gasteiger partial charge in [0.1, 0.15) is 12.6 Å². The molecule has 0 saturated carbocycles. The first-order chi connectivity index (χ1) is 9.43. The zero-order valence-electron chi connectivity index (χ0n) is 13.0. The summed E-state index contributed by atoms with van der Waals surface area (Å²) in [7, 11) is -0.489. The van der Waals surface area contributed by atoms with E-state index in [1.165, 1.54) is 0 Å². The molecular formula is C13H26N2O5S. The van der Waals surface area contributed by atoms with Crippen LogP contribution in [0.15, 0.2) is 12.2 Å². The van der Waals surface area contributed by atoms with Gasteiger partial charge in [0.2, 0.25) is 5.91 Å². The van der Waals surface area contributed by atoms with Crippen LogP contribution in [0.25, 0.3) is 0 Å². The zero-order chi connectivity index (χ0) is 16.7. The van der Waals surface area contributed by atoms with Gasteiger partial charge in [-0.1, -0.05) is 6.58 Å². The normalized spacial score (nSPS) is 13.8. The molecule has 8 heteroatoms. The largest absolute Gasteiger partial charge is 0.748 e. The van der Waals surface area contributed by atoms with Crippen molar-refractivity contribution in [2.45, 2.75) is 25.9 Å². The number of aliphatic hydroxyl groups excluding tert-OH is 1. The molecule has 1 atom stereocenters. The summed E-state index contributed by atoms with van der Waals surface area (Å²) >= 11 is 0. The smallest absolute Gasteiger partial charge is 0.246 e. The highest BCUT2D eigenvalue weighted by Gasteiger charge is 2.20. The molecule has 124 valence electrons. The van der Waals surface area contributed by atoms with E-state index in [2.05, 4.69) is 11.9 Å². The lowest BCUT2D eigenvalue weighted by molar-refractivity contribution is -0.893. The highest BCUT2D eigenvalue weighted by molar-refractivity contribution is 7.85. The van der Waals surface area contributed by atoms with Crippen molar-refractivity contribution in [2.24, 2.45) is 0 Å². The van der Waals surface area contributed by atoms with Crippen molar-refractivity contribution >= 4 is 16.0 Å². The lowest BCUT2D eigenvalue weighted by atomic mass is 10.2. The Morgan fingerprint density at radius 1 is 1.43 bits per heavy atom. The predicted octanol–water partition coefficient (Wildman–Crippen LogP) is -0.559. The van der Waals surface area contributed by atoms with Gasteiger partial charge in [0.15, 0.2) is 0 Å². The topological polar surface area (TPSA) is 107 Å². The van der Waals surface area contributed by atoms with Crippen molar-refractivity contribution in [3.8, 4) is 0 Å². The van der Waals surface area contributed by atoms with Crippen molar-refractivity contribution in [1.82, 2.24) is 5.32 Å². The van der Waals surface area contributed by atoms with Gasteiger partial charge in [-0.25, -0.2) is 8.42 Å². The summed E-state index contributed by atoms with van der Waals surface area (Å²) < 4.78 is 32.0. The van der Waals surface area contributed by atoms with E-state index in [0.29, 0.717) is 29.7 Å². The number of likely N-dealkylation sites (N-methyl/N-ethyl adjacent to an activating group) is 1. The van der Waals surface area contributed by atoms with Gasteiger partial charge in [0, 0.05) is 24.3 Å². The second kappa shape index (κ2) is 8.47. The lowest BCUT2D eigenvalue weighted by Gasteiger charge is -2.32. The highest BCUT2D eigenvalue weighted by Crippen LogP contribution is 2.05. The van der Waals surface area contributed by atoms with Crippen LogP contribution in [-0.4, -0.2) is 74.1 Å². The predicted molar refractivity (Wildman–Crippen MR) is 79.5 cm³/mol. The molecule has 0 aromatic rings. The fraction of sp³-hybridized carbons (Fsp3) is 0.769. The molecule has 0 saturated heterocycles. The summed E-state index contributed by atoms with van der Waals surface area (Å²) in [5.74, 6) is -0.732. The molecule has 0 rings (SSSR count). The van der Waals surface area contributed by atoms with Crippen LogP contribution >= 0.6 is 0 Å². The zero-order valence-corrected chi connectivity index (χ0v) is 13.8. The van der Waals surface area contributed by atoms with Gasteiger partial charge in [-0.05, 0) is 13.3 Å². The molecule has 0 heterocycles. The van der Waals surface area contributed by atoms with Crippen molar-refractivity contribution in [3.63, 3.8) is 0 Å². The molecule has 0 spiro atoms. The van der Waals surface area contributed by atoms with Gasteiger partial charge in [-0.15, -0.1) is 0 Å². The summed E-state index contributed by atoms with van der Waals surface area (Å²) in [6.45, 7) is 6.74. The summed E-state index contributed by atoms with van der Waals surface area (Å²) in [5.41, 5.74) is 0.456. The average Bonchev–Trinajstić information content (AvgIpc) is 2.30. The van der Waals surface area contributed by atoms with E-state index in [1.54, 1.807) is 6.92 Å². The van der Waals surface area contributed by atoms with Gasteiger partial charge in [0.25, 0.3) is 0 Å². The number of hydrogen-bond acceptors (Lipinski definition) is 5. The van der Waals surface area contributed by atoms with Crippen molar-refractivity contribution in [1.29, 1.82) is 0 Å². The van der Waals surface area contributed by atoms with E-state index < -0.39 is 22.0 Å². The maximum Gasteiger partial charge on any atom is 0.246 e. The first kappa shape index (κ1) is 20.0. The van der Waals surface area contributed by atoms with E-state index in [-0.39, 0.29) is 12.3 Å². The molecule has 21 heavy (non-hydrogen) atoms. The standard InChI is InChI=1S/C13H26N2O5S/c1-11(2)13(17)14-7-5-8-15(3,4)10-12(16)6-9-21(18,19)20/h12,16H,1,5-10H2,2-4H3,(H-,14,17,18,19,20). The van der Waals surface area contributed by atoms with Crippen LogP contribution < -0.4 is 5.32 Å². The summed E-state index contributed by atoms with van der Waals surface area (Å²) in [6, 6.07) is 0. The van der Waals surface area contributed by atoms with Crippen LogP contribution in [-0.2, 0) is 14.9 Å². The monoisotopic (exact) mass is 322 g/mol. The molecule has 0 aromatic heterocycles. The van der Waals surface area contributed by atoms with Gasteiger partial charge in [-0.2, -0.15) is 0 Å². The fourth-order valence-corrected chi connectivity index (χ4v) is 2.45. The lowest BCUT2D eigenvalue weighted by Crippen LogP contribution is -2.47. The third-order valence-electron chi connectivity index (χ3n) is 3.02. The second-order valence-corrected chi connectivity index (χ2v) is 7.46. The van der Waals surface area contributed by atoms with E-state index >= 15 is 0 Å². The number of quaternary nitrogens is 1. The third kappa shape index (κ3) is 11.4. The molecule has 7 nitrogen and oxygen atoms in total. The number of rotatable bonds is 10. The number of carbonyl (C=O) groups is 1. The van der Waals surface area contributed by atoms with Gasteiger partial charge in [-0.3, -0.25) is 4.79 Å². The average molecular weight is 322 g/mol. The summed E-state index contributed by atoms with van der Waals surface area (Å²) in [5, 5.41) is 12.5. The van der Waals surface area contributed by atoms with Crippen LogP contribution in [0, 0.1) is 0 Å². The minimum Gasteiger partial charge on any atom is -0.748 e. The van der Waals surface area contributed by atoms with E-state index in [9.17, 15) is 22.9 Å². The number of nitrogens with zero attached hydrogens (tertiary/aromatic N) is 1. The number of nitrogens with one attached hydrogen (secondary N) is 1. The molecule has 1 unspecified atom stereocenters. The SMILES string of the molecule is C=C(C)C(=O)NCCC[N+](C)(C)CC(O)CCS(=O)(=O)[O-]. The van der Waals surface area contributed by atoms with Crippen molar-refractivity contribution in [3.05, 3.63) is 12.2 Å². The first-order valence-electron chi connectivity index (χ1n) is 6.80. The molecule has 0 aromatic carbocycles.